The van der Waals surface area contributed by atoms with Crippen LogP contribution in [0.1, 0.15) is 49.4 Å². The first-order valence-electron chi connectivity index (χ1n) is 8.50. The van der Waals surface area contributed by atoms with E-state index < -0.39 is 11.6 Å². The normalized spacial score (nSPS) is 18.9. The maximum absolute atomic E-state index is 14.2. The van der Waals surface area contributed by atoms with Crippen LogP contribution in [0.3, 0.4) is 0 Å². The number of halogens is 2. The standard InChI is InChI=1S/C18H21F2N3/c19-12-6-7-14(16(20)10-12)18-15-11-21-9-8-17(15)23(22-18)13-4-2-1-3-5-13/h6-7,10,13,21H,1-5,8-9,11H2. The fourth-order valence-electron chi connectivity index (χ4n) is 3.90. The number of hydrogen-bond donors (Lipinski definition) is 1. The van der Waals surface area contributed by atoms with Crippen molar-refractivity contribution in [2.75, 3.05) is 6.54 Å². The van der Waals surface area contributed by atoms with Crippen LogP contribution in [0.15, 0.2) is 18.2 Å². The van der Waals surface area contributed by atoms with Gasteiger partial charge in [0.15, 0.2) is 0 Å². The summed E-state index contributed by atoms with van der Waals surface area (Å²) in [5.74, 6) is -1.09. The van der Waals surface area contributed by atoms with Crippen molar-refractivity contribution in [3.8, 4) is 11.3 Å². The summed E-state index contributed by atoms with van der Waals surface area (Å²) in [5.41, 5.74) is 3.39. The largest absolute Gasteiger partial charge is 0.312 e. The van der Waals surface area contributed by atoms with Crippen LogP contribution >= 0.6 is 0 Å². The van der Waals surface area contributed by atoms with E-state index in [-0.39, 0.29) is 0 Å². The van der Waals surface area contributed by atoms with Crippen molar-refractivity contribution in [2.45, 2.75) is 51.1 Å². The molecule has 1 aromatic carbocycles. The Labute approximate surface area is 134 Å². The highest BCUT2D eigenvalue weighted by molar-refractivity contribution is 5.65. The van der Waals surface area contributed by atoms with Crippen LogP contribution < -0.4 is 5.32 Å². The Kier molecular flexibility index (Phi) is 3.89. The molecule has 0 bridgehead atoms. The van der Waals surface area contributed by atoms with Crippen LogP contribution in [0.5, 0.6) is 0 Å². The minimum absolute atomic E-state index is 0.404. The van der Waals surface area contributed by atoms with Gasteiger partial charge in [0, 0.05) is 42.4 Å². The zero-order valence-corrected chi connectivity index (χ0v) is 13.1. The smallest absolute Gasteiger partial charge is 0.135 e. The van der Waals surface area contributed by atoms with Crippen LogP contribution in [0.4, 0.5) is 8.78 Å². The summed E-state index contributed by atoms with van der Waals surface area (Å²) < 4.78 is 29.6. The van der Waals surface area contributed by atoms with Crippen molar-refractivity contribution in [2.24, 2.45) is 0 Å². The lowest BCUT2D eigenvalue weighted by Gasteiger charge is -2.25. The van der Waals surface area contributed by atoms with Gasteiger partial charge in [-0.15, -0.1) is 0 Å². The van der Waals surface area contributed by atoms with Crippen LogP contribution in [0.25, 0.3) is 11.3 Å². The second kappa shape index (κ2) is 6.04. The number of nitrogens with one attached hydrogen (secondary N) is 1. The lowest BCUT2D eigenvalue weighted by atomic mass is 9.95. The summed E-state index contributed by atoms with van der Waals surface area (Å²) in [7, 11) is 0. The SMILES string of the molecule is Fc1ccc(-c2nn(C3CCCCC3)c3c2CNCC3)c(F)c1. The van der Waals surface area contributed by atoms with Crippen LogP contribution in [0, 0.1) is 11.6 Å². The van der Waals surface area contributed by atoms with E-state index in [9.17, 15) is 8.78 Å². The molecule has 1 fully saturated rings. The molecule has 1 aliphatic carbocycles. The van der Waals surface area contributed by atoms with E-state index in [2.05, 4.69) is 10.00 Å². The molecule has 0 atom stereocenters. The molecule has 2 heterocycles. The monoisotopic (exact) mass is 317 g/mol. The molecule has 3 nitrogen and oxygen atoms in total. The third kappa shape index (κ3) is 2.67. The Balaban J connectivity index is 1.81. The van der Waals surface area contributed by atoms with Crippen LogP contribution in [-0.2, 0) is 13.0 Å². The van der Waals surface area contributed by atoms with E-state index in [1.807, 2.05) is 0 Å². The van der Waals surface area contributed by atoms with Gasteiger partial charge in [0.05, 0.1) is 6.04 Å². The summed E-state index contributed by atoms with van der Waals surface area (Å²) >= 11 is 0. The van der Waals surface area contributed by atoms with E-state index in [0.29, 0.717) is 23.8 Å². The maximum Gasteiger partial charge on any atom is 0.135 e. The van der Waals surface area contributed by atoms with Crippen molar-refractivity contribution < 1.29 is 8.78 Å². The Morgan fingerprint density at radius 3 is 2.74 bits per heavy atom. The fraction of sp³-hybridized carbons (Fsp3) is 0.500. The first kappa shape index (κ1) is 14.8. The molecule has 2 aliphatic rings. The summed E-state index contributed by atoms with van der Waals surface area (Å²) in [6, 6.07) is 4.18. The topological polar surface area (TPSA) is 29.9 Å². The number of aromatic nitrogens is 2. The first-order valence-corrected chi connectivity index (χ1v) is 8.50. The van der Waals surface area contributed by atoms with Crippen molar-refractivity contribution in [3.05, 3.63) is 41.1 Å². The molecule has 0 amide bonds. The van der Waals surface area contributed by atoms with Gasteiger partial charge in [0.2, 0.25) is 0 Å². The van der Waals surface area contributed by atoms with Crippen molar-refractivity contribution in [1.29, 1.82) is 0 Å². The second-order valence-corrected chi connectivity index (χ2v) is 6.56. The summed E-state index contributed by atoms with van der Waals surface area (Å²) in [6.07, 6.45) is 6.97. The van der Waals surface area contributed by atoms with Crippen LogP contribution in [0.2, 0.25) is 0 Å². The van der Waals surface area contributed by atoms with E-state index >= 15 is 0 Å². The van der Waals surface area contributed by atoms with Gasteiger partial charge in [-0.3, -0.25) is 4.68 Å². The lowest BCUT2D eigenvalue weighted by Crippen LogP contribution is -2.26. The average Bonchev–Trinajstić information content (AvgIpc) is 2.95. The Bertz CT molecular complexity index is 717. The predicted octanol–water partition coefficient (Wildman–Crippen LogP) is 3.98. The maximum atomic E-state index is 14.2. The summed E-state index contributed by atoms with van der Waals surface area (Å²) in [4.78, 5) is 0. The molecule has 0 saturated heterocycles. The number of hydrogen-bond acceptors (Lipinski definition) is 2. The van der Waals surface area contributed by atoms with Gasteiger partial charge in [0.1, 0.15) is 17.3 Å². The van der Waals surface area contributed by atoms with Gasteiger partial charge in [-0.05, 0) is 25.0 Å². The predicted molar refractivity (Wildman–Crippen MR) is 85.1 cm³/mol. The fourth-order valence-corrected chi connectivity index (χ4v) is 3.90. The Morgan fingerprint density at radius 1 is 1.13 bits per heavy atom. The zero-order valence-electron chi connectivity index (χ0n) is 13.1. The third-order valence-corrected chi connectivity index (χ3v) is 5.07. The molecule has 5 heteroatoms. The molecular formula is C18H21F2N3. The highest BCUT2D eigenvalue weighted by Crippen LogP contribution is 2.35. The van der Waals surface area contributed by atoms with Crippen molar-refractivity contribution >= 4 is 0 Å². The second-order valence-electron chi connectivity index (χ2n) is 6.56. The summed E-state index contributed by atoms with van der Waals surface area (Å²) in [6.45, 7) is 1.63. The molecule has 122 valence electrons. The number of benzene rings is 1. The average molecular weight is 317 g/mol. The highest BCUT2D eigenvalue weighted by atomic mass is 19.1. The van der Waals surface area contributed by atoms with Crippen LogP contribution in [-0.4, -0.2) is 16.3 Å². The van der Waals surface area contributed by atoms with Crippen molar-refractivity contribution in [3.63, 3.8) is 0 Å². The number of nitrogens with zero attached hydrogens (tertiary/aromatic N) is 2. The van der Waals surface area contributed by atoms with Gasteiger partial charge in [-0.1, -0.05) is 19.3 Å². The third-order valence-electron chi connectivity index (χ3n) is 5.07. The quantitative estimate of drug-likeness (QED) is 0.908. The van der Waals surface area contributed by atoms with Crippen molar-refractivity contribution in [1.82, 2.24) is 15.1 Å². The molecule has 4 rings (SSSR count). The van der Waals surface area contributed by atoms with E-state index in [1.165, 1.54) is 37.1 Å². The molecule has 2 aromatic rings. The summed E-state index contributed by atoms with van der Waals surface area (Å²) in [5, 5.41) is 8.14. The molecule has 1 aliphatic heterocycles. The van der Waals surface area contributed by atoms with Gasteiger partial charge in [-0.2, -0.15) is 5.10 Å². The molecule has 1 N–H and O–H groups in total. The van der Waals surface area contributed by atoms with Gasteiger partial charge < -0.3 is 5.32 Å². The van der Waals surface area contributed by atoms with Gasteiger partial charge >= 0.3 is 0 Å². The molecule has 0 unspecified atom stereocenters. The Hall–Kier alpha value is -1.75. The van der Waals surface area contributed by atoms with Gasteiger partial charge in [0.25, 0.3) is 0 Å². The molecule has 0 spiro atoms. The molecule has 0 radical (unpaired) electrons. The molecule has 23 heavy (non-hydrogen) atoms. The minimum atomic E-state index is -0.551. The highest BCUT2D eigenvalue weighted by Gasteiger charge is 2.27. The van der Waals surface area contributed by atoms with E-state index in [1.54, 1.807) is 0 Å². The molecule has 1 saturated carbocycles. The van der Waals surface area contributed by atoms with Gasteiger partial charge in [-0.25, -0.2) is 8.78 Å². The zero-order chi connectivity index (χ0) is 15.8. The molecule has 1 aromatic heterocycles. The van der Waals surface area contributed by atoms with E-state index in [4.69, 9.17) is 5.10 Å². The minimum Gasteiger partial charge on any atom is -0.312 e. The lowest BCUT2D eigenvalue weighted by molar-refractivity contribution is 0.320. The Morgan fingerprint density at radius 2 is 1.96 bits per heavy atom. The number of fused-ring (bicyclic) bond motifs is 1. The molecular weight excluding hydrogens is 296 g/mol. The number of rotatable bonds is 2. The van der Waals surface area contributed by atoms with E-state index in [0.717, 1.165) is 37.4 Å². The first-order chi connectivity index (χ1) is 11.2.